The average molecular weight is 246 g/mol. The fourth-order valence-corrected chi connectivity index (χ4v) is 2.15. The van der Waals surface area contributed by atoms with Crippen molar-refractivity contribution in [3.8, 4) is 0 Å². The van der Waals surface area contributed by atoms with Crippen LogP contribution in [0.5, 0.6) is 0 Å². The van der Waals surface area contributed by atoms with Crippen LogP contribution in [0, 0.1) is 10.1 Å². The van der Waals surface area contributed by atoms with Gasteiger partial charge in [0, 0.05) is 24.3 Å². The first kappa shape index (κ1) is 12.4. The van der Waals surface area contributed by atoms with E-state index in [1.165, 1.54) is 12.1 Å². The number of benzene rings is 1. The molecule has 0 aromatic heterocycles. The quantitative estimate of drug-likeness (QED) is 0.652. The molecule has 0 radical (unpaired) electrons. The predicted molar refractivity (Wildman–Crippen MR) is 69.0 cm³/mol. The average Bonchev–Trinajstić information content (AvgIpc) is 2.78. The summed E-state index contributed by atoms with van der Waals surface area (Å²) >= 11 is 0. The maximum atomic E-state index is 10.6. The topological polar surface area (TPSA) is 75.7 Å². The molecular formula is C13H14N2O3. The molecular weight excluding hydrogens is 232 g/mol. The minimum Gasteiger partial charge on any atom is -0.396 e. The minimum atomic E-state index is -0.481. The van der Waals surface area contributed by atoms with Crippen LogP contribution < -0.4 is 0 Å². The summed E-state index contributed by atoms with van der Waals surface area (Å²) in [5.41, 5.74) is 0.408. The highest BCUT2D eigenvalue weighted by molar-refractivity contribution is 5.75. The molecule has 1 aromatic rings. The molecule has 1 aliphatic rings. The predicted octanol–water partition coefficient (Wildman–Crippen LogP) is 2.07. The second kappa shape index (κ2) is 4.70. The largest absolute Gasteiger partial charge is 0.396 e. The lowest BCUT2D eigenvalue weighted by atomic mass is 9.82. The Hall–Kier alpha value is -2.01. The summed E-state index contributed by atoms with van der Waals surface area (Å²) in [6.45, 7) is 1.87. The highest BCUT2D eigenvalue weighted by Crippen LogP contribution is 2.34. The molecule has 0 aliphatic carbocycles. The number of hydrogen-bond acceptors (Lipinski definition) is 4. The van der Waals surface area contributed by atoms with Gasteiger partial charge >= 0.3 is 0 Å². The van der Waals surface area contributed by atoms with Crippen molar-refractivity contribution >= 4 is 11.9 Å². The molecule has 5 nitrogen and oxygen atoms in total. The van der Waals surface area contributed by atoms with Crippen LogP contribution in [-0.2, 0) is 0 Å². The molecule has 1 heterocycles. The number of aliphatic hydroxyl groups is 1. The van der Waals surface area contributed by atoms with Crippen molar-refractivity contribution in [2.24, 2.45) is 4.99 Å². The normalized spacial score (nSPS) is 23.2. The van der Waals surface area contributed by atoms with Gasteiger partial charge in [-0.25, -0.2) is 0 Å². The van der Waals surface area contributed by atoms with Gasteiger partial charge in [-0.15, -0.1) is 0 Å². The molecule has 0 bridgehead atoms. The zero-order chi connectivity index (χ0) is 13.2. The molecule has 2 rings (SSSR count). The summed E-state index contributed by atoms with van der Waals surface area (Å²) in [5.74, 6) is -0.201. The van der Waals surface area contributed by atoms with Crippen molar-refractivity contribution in [1.82, 2.24) is 0 Å². The molecule has 18 heavy (non-hydrogen) atoms. The SMILES string of the molecule is CC1(C(CO)c2ccc([N+](=O)[O-])cc2)C=CC=N1. The van der Waals surface area contributed by atoms with Crippen LogP contribution in [-0.4, -0.2) is 28.4 Å². The highest BCUT2D eigenvalue weighted by atomic mass is 16.6. The first-order valence-electron chi connectivity index (χ1n) is 5.65. The molecule has 0 spiro atoms. The van der Waals surface area contributed by atoms with Gasteiger partial charge in [-0.05, 0) is 18.6 Å². The second-order valence-corrected chi connectivity index (χ2v) is 4.45. The Morgan fingerprint density at radius 2 is 2.11 bits per heavy atom. The first-order valence-corrected chi connectivity index (χ1v) is 5.65. The summed E-state index contributed by atoms with van der Waals surface area (Å²) in [6.07, 6.45) is 5.47. The third-order valence-electron chi connectivity index (χ3n) is 3.27. The molecule has 0 saturated heterocycles. The van der Waals surface area contributed by atoms with Gasteiger partial charge in [0.2, 0.25) is 0 Å². The number of allylic oxidation sites excluding steroid dienone is 1. The molecule has 0 amide bonds. The van der Waals surface area contributed by atoms with Gasteiger partial charge < -0.3 is 5.11 Å². The Kier molecular flexibility index (Phi) is 3.25. The standard InChI is InChI=1S/C13H14N2O3/c1-13(7-2-8-14-13)12(9-16)10-3-5-11(6-4-10)15(17)18/h2-8,12,16H,9H2,1H3. The molecule has 1 aromatic carbocycles. The Bertz CT molecular complexity index is 493. The molecule has 1 aliphatic heterocycles. The van der Waals surface area contributed by atoms with Crippen LogP contribution in [0.4, 0.5) is 5.69 Å². The van der Waals surface area contributed by atoms with Crippen molar-refractivity contribution in [2.45, 2.75) is 18.4 Å². The zero-order valence-electron chi connectivity index (χ0n) is 9.98. The van der Waals surface area contributed by atoms with E-state index in [2.05, 4.69) is 4.99 Å². The number of nitrogens with zero attached hydrogens (tertiary/aromatic N) is 2. The van der Waals surface area contributed by atoms with Gasteiger partial charge in [0.15, 0.2) is 0 Å². The van der Waals surface area contributed by atoms with Crippen molar-refractivity contribution in [3.63, 3.8) is 0 Å². The van der Waals surface area contributed by atoms with E-state index in [1.54, 1.807) is 18.3 Å². The summed E-state index contributed by atoms with van der Waals surface area (Å²) in [7, 11) is 0. The van der Waals surface area contributed by atoms with Gasteiger partial charge in [-0.3, -0.25) is 15.1 Å². The lowest BCUT2D eigenvalue weighted by Gasteiger charge is -2.28. The van der Waals surface area contributed by atoms with E-state index < -0.39 is 10.5 Å². The minimum absolute atomic E-state index is 0.0473. The fourth-order valence-electron chi connectivity index (χ4n) is 2.15. The molecule has 1 N–H and O–H groups in total. The van der Waals surface area contributed by atoms with Crippen LogP contribution in [0.15, 0.2) is 41.4 Å². The summed E-state index contributed by atoms with van der Waals surface area (Å²) in [5, 5.41) is 20.1. The highest BCUT2D eigenvalue weighted by Gasteiger charge is 2.33. The van der Waals surface area contributed by atoms with Gasteiger partial charge in [0.1, 0.15) is 0 Å². The van der Waals surface area contributed by atoms with Crippen molar-refractivity contribution in [3.05, 3.63) is 52.1 Å². The van der Waals surface area contributed by atoms with Crippen LogP contribution in [0.25, 0.3) is 0 Å². The zero-order valence-corrected chi connectivity index (χ0v) is 9.98. The van der Waals surface area contributed by atoms with E-state index in [9.17, 15) is 15.2 Å². The van der Waals surface area contributed by atoms with Crippen LogP contribution in [0.2, 0.25) is 0 Å². The number of non-ortho nitro benzene ring substituents is 1. The molecule has 5 heteroatoms. The van der Waals surface area contributed by atoms with Gasteiger partial charge in [-0.1, -0.05) is 18.2 Å². The number of nitro benzene ring substituents is 1. The monoisotopic (exact) mass is 246 g/mol. The lowest BCUT2D eigenvalue weighted by Crippen LogP contribution is -2.29. The summed E-state index contributed by atoms with van der Waals surface area (Å²) < 4.78 is 0. The Labute approximate surface area is 105 Å². The Morgan fingerprint density at radius 3 is 2.56 bits per heavy atom. The van der Waals surface area contributed by atoms with E-state index in [0.29, 0.717) is 0 Å². The molecule has 94 valence electrons. The lowest BCUT2D eigenvalue weighted by molar-refractivity contribution is -0.384. The molecule has 0 fully saturated rings. The first-order chi connectivity index (χ1) is 8.57. The van der Waals surface area contributed by atoms with Crippen molar-refractivity contribution in [2.75, 3.05) is 6.61 Å². The van der Waals surface area contributed by atoms with Gasteiger partial charge in [0.05, 0.1) is 17.1 Å². The van der Waals surface area contributed by atoms with Crippen LogP contribution in [0.3, 0.4) is 0 Å². The van der Waals surface area contributed by atoms with Crippen molar-refractivity contribution < 1.29 is 10.0 Å². The van der Waals surface area contributed by atoms with E-state index >= 15 is 0 Å². The number of hydrogen-bond donors (Lipinski definition) is 1. The van der Waals surface area contributed by atoms with Crippen LogP contribution in [0.1, 0.15) is 18.4 Å². The molecule has 2 atom stereocenters. The summed E-state index contributed by atoms with van der Waals surface area (Å²) in [6, 6.07) is 6.24. The number of aliphatic imine (C=N–C) groups is 1. The van der Waals surface area contributed by atoms with Gasteiger partial charge in [0.25, 0.3) is 5.69 Å². The maximum Gasteiger partial charge on any atom is 0.269 e. The van der Waals surface area contributed by atoms with Crippen LogP contribution >= 0.6 is 0 Å². The van der Waals surface area contributed by atoms with E-state index in [-0.39, 0.29) is 18.2 Å². The fraction of sp³-hybridized carbons (Fsp3) is 0.308. The number of rotatable bonds is 4. The summed E-state index contributed by atoms with van der Waals surface area (Å²) in [4.78, 5) is 14.5. The van der Waals surface area contributed by atoms with E-state index in [1.807, 2.05) is 19.1 Å². The second-order valence-electron chi connectivity index (χ2n) is 4.45. The van der Waals surface area contributed by atoms with Gasteiger partial charge in [-0.2, -0.15) is 0 Å². The van der Waals surface area contributed by atoms with E-state index in [0.717, 1.165) is 5.56 Å². The smallest absolute Gasteiger partial charge is 0.269 e. The Balaban J connectivity index is 2.31. The Morgan fingerprint density at radius 1 is 1.44 bits per heavy atom. The number of aliphatic hydroxyl groups excluding tert-OH is 1. The third kappa shape index (κ3) is 2.17. The number of nitro groups is 1. The van der Waals surface area contributed by atoms with Crippen molar-refractivity contribution in [1.29, 1.82) is 0 Å². The maximum absolute atomic E-state index is 10.6. The molecule has 0 saturated carbocycles. The van der Waals surface area contributed by atoms with E-state index in [4.69, 9.17) is 0 Å². The third-order valence-corrected chi connectivity index (χ3v) is 3.27. The molecule has 2 unspecified atom stereocenters.